The predicted octanol–water partition coefficient (Wildman–Crippen LogP) is 2.54. The van der Waals surface area contributed by atoms with Gasteiger partial charge in [-0.05, 0) is 48.5 Å². The Labute approximate surface area is 188 Å². The van der Waals surface area contributed by atoms with E-state index in [2.05, 4.69) is 72.8 Å². The van der Waals surface area contributed by atoms with Crippen molar-refractivity contribution in [1.82, 2.24) is 0 Å². The Balaban J connectivity index is 0.00000240. The molecule has 0 aromatic heterocycles. The third-order valence-electron chi connectivity index (χ3n) is 5.05. The minimum atomic E-state index is -2.02. The van der Waals surface area contributed by atoms with Crippen molar-refractivity contribution in [2.75, 3.05) is 0 Å². The molecule has 0 bridgehead atoms. The van der Waals surface area contributed by atoms with Crippen molar-refractivity contribution in [3.8, 4) is 5.75 Å². The number of phenolic OH excluding ortho intramolecular Hbond substituents is 1. The molecule has 0 heterocycles. The minimum Gasteiger partial charge on any atom is -1.00 e. The molecule has 0 saturated heterocycles. The van der Waals surface area contributed by atoms with Crippen LogP contribution in [-0.2, 0) is 6.16 Å². The van der Waals surface area contributed by atoms with Gasteiger partial charge in [0.1, 0.15) is 35.1 Å². The van der Waals surface area contributed by atoms with E-state index in [1.807, 2.05) is 30.3 Å². The summed E-state index contributed by atoms with van der Waals surface area (Å²) in [5, 5.41) is 15.1. The second-order valence-electron chi connectivity index (χ2n) is 6.75. The van der Waals surface area contributed by atoms with E-state index >= 15 is 0 Å². The summed E-state index contributed by atoms with van der Waals surface area (Å²) >= 11 is 6.09. The first-order chi connectivity index (χ1) is 13.7. The first-order valence-corrected chi connectivity index (χ1v) is 11.6. The molecule has 29 heavy (non-hydrogen) atoms. The highest BCUT2D eigenvalue weighted by molar-refractivity contribution is 7.95. The molecule has 0 fully saturated rings. The number of rotatable bonds is 5. The van der Waals surface area contributed by atoms with E-state index in [1.165, 1.54) is 15.9 Å². The van der Waals surface area contributed by atoms with Gasteiger partial charge in [-0.1, -0.05) is 72.3 Å². The molecule has 0 radical (unpaired) electrons. The summed E-state index contributed by atoms with van der Waals surface area (Å²) in [5.74, 6) is 0.250. The van der Waals surface area contributed by atoms with E-state index in [1.54, 1.807) is 6.07 Å². The van der Waals surface area contributed by atoms with Crippen molar-refractivity contribution in [2.45, 2.75) is 6.16 Å². The zero-order valence-corrected chi connectivity index (χ0v) is 19.0. The molecular formula is C25H21BrClOP. The van der Waals surface area contributed by atoms with Gasteiger partial charge in [-0.3, -0.25) is 0 Å². The van der Waals surface area contributed by atoms with Gasteiger partial charge in [0.15, 0.2) is 0 Å². The molecule has 4 aromatic rings. The van der Waals surface area contributed by atoms with Gasteiger partial charge >= 0.3 is 0 Å². The van der Waals surface area contributed by atoms with Crippen molar-refractivity contribution in [3.63, 3.8) is 0 Å². The predicted molar refractivity (Wildman–Crippen MR) is 122 cm³/mol. The average Bonchev–Trinajstić information content (AvgIpc) is 2.75. The summed E-state index contributed by atoms with van der Waals surface area (Å²) in [7, 11) is -2.02. The van der Waals surface area contributed by atoms with Gasteiger partial charge in [-0.25, -0.2) is 0 Å². The van der Waals surface area contributed by atoms with Crippen LogP contribution in [0, 0.1) is 0 Å². The summed E-state index contributed by atoms with van der Waals surface area (Å²) in [4.78, 5) is 0. The van der Waals surface area contributed by atoms with Gasteiger partial charge in [-0.2, -0.15) is 0 Å². The van der Waals surface area contributed by atoms with E-state index in [9.17, 15) is 5.11 Å². The average molecular weight is 484 g/mol. The van der Waals surface area contributed by atoms with Gasteiger partial charge in [0, 0.05) is 10.6 Å². The lowest BCUT2D eigenvalue weighted by atomic mass is 10.2. The van der Waals surface area contributed by atoms with Gasteiger partial charge < -0.3 is 22.1 Å². The SMILES string of the molecule is Oc1cc(Cl)ccc1C[P+](c1ccccc1)(c1ccccc1)c1ccccc1.[Br-]. The van der Waals surface area contributed by atoms with Crippen LogP contribution in [0.4, 0.5) is 0 Å². The lowest BCUT2D eigenvalue weighted by Crippen LogP contribution is -3.00. The highest BCUT2D eigenvalue weighted by Gasteiger charge is 2.45. The fourth-order valence-corrected chi connectivity index (χ4v) is 8.12. The first kappa shape index (κ1) is 21.6. The van der Waals surface area contributed by atoms with Crippen LogP contribution < -0.4 is 32.9 Å². The molecule has 4 rings (SSSR count). The third-order valence-corrected chi connectivity index (χ3v) is 9.63. The highest BCUT2D eigenvalue weighted by Crippen LogP contribution is 2.58. The molecule has 0 unspecified atom stereocenters. The van der Waals surface area contributed by atoms with Gasteiger partial charge in [0.2, 0.25) is 0 Å². The third kappa shape index (κ3) is 4.41. The second kappa shape index (κ2) is 9.59. The van der Waals surface area contributed by atoms with E-state index < -0.39 is 7.26 Å². The van der Waals surface area contributed by atoms with Crippen LogP contribution in [0.3, 0.4) is 0 Å². The number of halogens is 2. The zero-order valence-electron chi connectivity index (χ0n) is 15.7. The van der Waals surface area contributed by atoms with Gasteiger partial charge in [0.05, 0.1) is 0 Å². The zero-order chi connectivity index (χ0) is 19.4. The number of aromatic hydroxyl groups is 1. The van der Waals surface area contributed by atoms with E-state index in [0.717, 1.165) is 11.7 Å². The van der Waals surface area contributed by atoms with Crippen molar-refractivity contribution < 1.29 is 22.1 Å². The minimum absolute atomic E-state index is 0. The Morgan fingerprint density at radius 3 is 1.41 bits per heavy atom. The van der Waals surface area contributed by atoms with Crippen LogP contribution in [0.5, 0.6) is 5.75 Å². The quantitative estimate of drug-likeness (QED) is 0.433. The number of hydrogen-bond acceptors (Lipinski definition) is 1. The van der Waals surface area contributed by atoms with Crippen molar-refractivity contribution in [2.24, 2.45) is 0 Å². The summed E-state index contributed by atoms with van der Waals surface area (Å²) in [6, 6.07) is 37.4. The van der Waals surface area contributed by atoms with Crippen molar-refractivity contribution >= 4 is 34.8 Å². The molecule has 0 aliphatic carbocycles. The molecule has 0 spiro atoms. The highest BCUT2D eigenvalue weighted by atomic mass is 79.9. The molecule has 1 nitrogen and oxygen atoms in total. The molecule has 4 aromatic carbocycles. The Morgan fingerprint density at radius 2 is 1.03 bits per heavy atom. The summed E-state index contributed by atoms with van der Waals surface area (Å²) in [6.45, 7) is 0. The number of hydrogen-bond donors (Lipinski definition) is 1. The molecule has 0 aliphatic rings. The van der Waals surface area contributed by atoms with Crippen molar-refractivity contribution in [1.29, 1.82) is 0 Å². The maximum atomic E-state index is 10.6. The van der Waals surface area contributed by atoms with E-state index in [0.29, 0.717) is 5.02 Å². The Kier molecular flexibility index (Phi) is 7.14. The monoisotopic (exact) mass is 482 g/mol. The fourth-order valence-electron chi connectivity index (χ4n) is 3.69. The smallest absolute Gasteiger partial charge is 0.123 e. The molecule has 0 atom stereocenters. The maximum absolute atomic E-state index is 10.6. The molecular weight excluding hydrogens is 463 g/mol. The maximum Gasteiger partial charge on any atom is 0.123 e. The normalized spacial score (nSPS) is 10.9. The second-order valence-corrected chi connectivity index (χ2v) is 10.7. The molecule has 1 N–H and O–H groups in total. The van der Waals surface area contributed by atoms with Crippen LogP contribution >= 0.6 is 18.9 Å². The van der Waals surface area contributed by atoms with E-state index in [4.69, 9.17) is 11.6 Å². The molecule has 0 aliphatic heterocycles. The van der Waals surface area contributed by atoms with Crippen LogP contribution in [-0.4, -0.2) is 5.11 Å². The number of phenols is 1. The molecule has 4 heteroatoms. The largest absolute Gasteiger partial charge is 1.00 e. The van der Waals surface area contributed by atoms with Crippen LogP contribution in [0.2, 0.25) is 5.02 Å². The Hall–Kier alpha value is -2.12. The Bertz CT molecular complexity index is 959. The summed E-state index contributed by atoms with van der Waals surface area (Å²) < 4.78 is 0. The van der Waals surface area contributed by atoms with Crippen LogP contribution in [0.1, 0.15) is 5.56 Å². The Morgan fingerprint density at radius 1 is 0.621 bits per heavy atom. The first-order valence-electron chi connectivity index (χ1n) is 9.22. The summed E-state index contributed by atoms with van der Waals surface area (Å²) in [6.07, 6.45) is 0.730. The molecule has 146 valence electrons. The fraction of sp³-hybridized carbons (Fsp3) is 0.0400. The lowest BCUT2D eigenvalue weighted by Gasteiger charge is -2.28. The lowest BCUT2D eigenvalue weighted by molar-refractivity contribution is -0.00000632. The van der Waals surface area contributed by atoms with Crippen LogP contribution in [0.25, 0.3) is 0 Å². The molecule has 0 amide bonds. The van der Waals surface area contributed by atoms with Gasteiger partial charge in [-0.15, -0.1) is 0 Å². The van der Waals surface area contributed by atoms with Crippen molar-refractivity contribution in [3.05, 3.63) is 120 Å². The topological polar surface area (TPSA) is 20.2 Å². The van der Waals surface area contributed by atoms with E-state index in [-0.39, 0.29) is 22.7 Å². The van der Waals surface area contributed by atoms with Gasteiger partial charge in [0.25, 0.3) is 0 Å². The standard InChI is InChI=1S/C25H20ClOP.BrH/c26-21-17-16-20(25(27)18-21)19-28(22-10-4-1-5-11-22,23-12-6-2-7-13-23)24-14-8-3-9-15-24;/h1-18H,19H2;1H. The van der Waals surface area contributed by atoms with Crippen LogP contribution in [0.15, 0.2) is 109 Å². The summed E-state index contributed by atoms with van der Waals surface area (Å²) in [5.41, 5.74) is 0.911. The molecule has 0 saturated carbocycles. The number of benzene rings is 4.